The molecule has 0 aliphatic rings. The average molecular weight is 497 g/mol. The van der Waals surface area contributed by atoms with Gasteiger partial charge in [0.2, 0.25) is 0 Å². The molecule has 0 heterocycles. The van der Waals surface area contributed by atoms with Gasteiger partial charge in [0.25, 0.3) is 15.7 Å². The molecule has 0 fully saturated rings. The molecule has 30 heavy (non-hydrogen) atoms. The SMILES string of the molecule is C=C(CN(C(=O)OC(C)(C)C)S(=O)(=O)c1ccc([N+](=O)[O-])cc1)c1ccc(Br)cc1. The lowest BCUT2D eigenvalue weighted by atomic mass is 10.1. The van der Waals surface area contributed by atoms with E-state index in [1.54, 1.807) is 45.0 Å². The van der Waals surface area contributed by atoms with Crippen molar-refractivity contribution in [3.63, 3.8) is 0 Å². The quantitative estimate of drug-likeness (QED) is 0.411. The molecule has 0 spiro atoms. The minimum absolute atomic E-state index is 0.267. The van der Waals surface area contributed by atoms with Crippen molar-refractivity contribution in [1.82, 2.24) is 4.31 Å². The van der Waals surface area contributed by atoms with E-state index in [2.05, 4.69) is 22.5 Å². The van der Waals surface area contributed by atoms with Crippen LogP contribution < -0.4 is 0 Å². The third-order valence-corrected chi connectivity index (χ3v) is 6.07. The van der Waals surface area contributed by atoms with Gasteiger partial charge in [0.1, 0.15) is 5.60 Å². The molecular formula is C20H21BrN2O6S. The van der Waals surface area contributed by atoms with Gasteiger partial charge in [-0.1, -0.05) is 34.6 Å². The fraction of sp³-hybridized carbons (Fsp3) is 0.250. The second kappa shape index (κ2) is 8.97. The molecular weight excluding hydrogens is 476 g/mol. The highest BCUT2D eigenvalue weighted by atomic mass is 79.9. The molecule has 2 aromatic carbocycles. The van der Waals surface area contributed by atoms with Crippen LogP contribution in [-0.4, -0.2) is 35.9 Å². The normalized spacial score (nSPS) is 11.6. The van der Waals surface area contributed by atoms with Crippen LogP contribution in [0, 0.1) is 10.1 Å². The highest BCUT2D eigenvalue weighted by Gasteiger charge is 2.34. The first kappa shape index (κ1) is 23.6. The van der Waals surface area contributed by atoms with Crippen molar-refractivity contribution in [3.8, 4) is 0 Å². The smallest absolute Gasteiger partial charge is 0.424 e. The summed E-state index contributed by atoms with van der Waals surface area (Å²) in [5.74, 6) is 0. The Morgan fingerprint density at radius 3 is 2.13 bits per heavy atom. The van der Waals surface area contributed by atoms with E-state index in [9.17, 15) is 23.3 Å². The van der Waals surface area contributed by atoms with Gasteiger partial charge in [0.05, 0.1) is 16.4 Å². The first-order valence-corrected chi connectivity index (χ1v) is 11.0. The Balaban J connectivity index is 2.43. The lowest BCUT2D eigenvalue weighted by Crippen LogP contribution is -2.41. The molecule has 0 saturated carbocycles. The number of nitrogens with zero attached hydrogens (tertiary/aromatic N) is 2. The molecule has 0 aliphatic carbocycles. The molecule has 2 rings (SSSR count). The number of ether oxygens (including phenoxy) is 1. The largest absolute Gasteiger partial charge is 0.443 e. The number of sulfonamides is 1. The zero-order valence-electron chi connectivity index (χ0n) is 16.7. The Hall–Kier alpha value is -2.72. The average Bonchev–Trinajstić information content (AvgIpc) is 2.64. The molecule has 0 aliphatic heterocycles. The molecule has 8 nitrogen and oxygen atoms in total. The maximum atomic E-state index is 13.2. The number of nitro groups is 1. The fourth-order valence-corrected chi connectivity index (χ4v) is 3.94. The number of hydrogen-bond donors (Lipinski definition) is 0. The number of rotatable bonds is 6. The van der Waals surface area contributed by atoms with Crippen molar-refractivity contribution in [2.24, 2.45) is 0 Å². The van der Waals surface area contributed by atoms with Crippen LogP contribution in [0.4, 0.5) is 10.5 Å². The Bertz CT molecular complexity index is 1060. The molecule has 160 valence electrons. The van der Waals surface area contributed by atoms with Gasteiger partial charge in [-0.05, 0) is 56.2 Å². The number of carbonyl (C=O) groups excluding carboxylic acids is 1. The van der Waals surface area contributed by atoms with Crippen LogP contribution in [0.15, 0.2) is 64.5 Å². The Labute approximate surface area is 183 Å². The molecule has 1 amide bonds. The number of nitro benzene ring substituents is 1. The summed E-state index contributed by atoms with van der Waals surface area (Å²) in [6.45, 7) is 8.40. The van der Waals surface area contributed by atoms with Gasteiger partial charge >= 0.3 is 6.09 Å². The highest BCUT2D eigenvalue weighted by Crippen LogP contribution is 2.25. The first-order valence-electron chi connectivity index (χ1n) is 8.75. The number of hydrogen-bond acceptors (Lipinski definition) is 6. The first-order chi connectivity index (χ1) is 13.8. The molecule has 2 aromatic rings. The van der Waals surface area contributed by atoms with E-state index < -0.39 is 26.6 Å². The van der Waals surface area contributed by atoms with Gasteiger partial charge in [-0.15, -0.1) is 0 Å². The molecule has 0 saturated heterocycles. The van der Waals surface area contributed by atoms with Crippen LogP contribution in [0.2, 0.25) is 0 Å². The maximum Gasteiger partial charge on any atom is 0.424 e. The zero-order chi connectivity index (χ0) is 22.7. The Morgan fingerprint density at radius 1 is 1.13 bits per heavy atom. The van der Waals surface area contributed by atoms with E-state index in [1.807, 2.05) is 0 Å². The second-order valence-electron chi connectivity index (χ2n) is 7.35. The number of carbonyl (C=O) groups is 1. The second-order valence-corrected chi connectivity index (χ2v) is 10.1. The maximum absolute atomic E-state index is 13.2. The van der Waals surface area contributed by atoms with E-state index in [1.165, 1.54) is 0 Å². The highest BCUT2D eigenvalue weighted by molar-refractivity contribution is 9.10. The third-order valence-electron chi connectivity index (χ3n) is 3.82. The van der Waals surface area contributed by atoms with Crippen LogP contribution in [0.1, 0.15) is 26.3 Å². The molecule has 0 bridgehead atoms. The van der Waals surface area contributed by atoms with Crippen molar-refractivity contribution < 1.29 is 22.9 Å². The number of halogens is 1. The summed E-state index contributed by atoms with van der Waals surface area (Å²) in [4.78, 5) is 22.7. The van der Waals surface area contributed by atoms with Crippen LogP contribution in [-0.2, 0) is 14.8 Å². The summed E-state index contributed by atoms with van der Waals surface area (Å²) in [7, 11) is -4.36. The van der Waals surface area contributed by atoms with Crippen molar-refractivity contribution >= 4 is 43.3 Å². The topological polar surface area (TPSA) is 107 Å². The lowest BCUT2D eigenvalue weighted by Gasteiger charge is -2.27. The molecule has 0 unspecified atom stereocenters. The summed E-state index contributed by atoms with van der Waals surface area (Å²) in [6.07, 6.45) is -1.07. The van der Waals surface area contributed by atoms with Gasteiger partial charge < -0.3 is 4.74 Å². The molecule has 0 radical (unpaired) electrons. The van der Waals surface area contributed by atoms with E-state index in [0.717, 1.165) is 28.7 Å². The van der Waals surface area contributed by atoms with E-state index >= 15 is 0 Å². The van der Waals surface area contributed by atoms with Crippen LogP contribution in [0.25, 0.3) is 5.57 Å². The monoisotopic (exact) mass is 496 g/mol. The Kier molecular flexibility index (Phi) is 7.04. The summed E-state index contributed by atoms with van der Waals surface area (Å²) in [6, 6.07) is 11.3. The number of amides is 1. The summed E-state index contributed by atoms with van der Waals surface area (Å²) in [5, 5.41) is 10.8. The van der Waals surface area contributed by atoms with Crippen LogP contribution >= 0.6 is 15.9 Å². The lowest BCUT2D eigenvalue weighted by molar-refractivity contribution is -0.384. The predicted octanol–water partition coefficient (Wildman–Crippen LogP) is 5.00. The zero-order valence-corrected chi connectivity index (χ0v) is 19.1. The van der Waals surface area contributed by atoms with E-state index in [-0.39, 0.29) is 17.1 Å². The van der Waals surface area contributed by atoms with E-state index in [4.69, 9.17) is 4.74 Å². The van der Waals surface area contributed by atoms with Crippen molar-refractivity contribution in [2.45, 2.75) is 31.3 Å². The van der Waals surface area contributed by atoms with Crippen LogP contribution in [0.3, 0.4) is 0 Å². The van der Waals surface area contributed by atoms with Crippen molar-refractivity contribution in [1.29, 1.82) is 0 Å². The predicted molar refractivity (Wildman–Crippen MR) is 116 cm³/mol. The summed E-state index contributed by atoms with van der Waals surface area (Å²) in [5.41, 5.74) is -0.180. The molecule has 0 atom stereocenters. The molecule has 0 N–H and O–H groups in total. The van der Waals surface area contributed by atoms with Gasteiger partial charge in [-0.2, -0.15) is 4.31 Å². The summed E-state index contributed by atoms with van der Waals surface area (Å²) < 4.78 is 33.0. The molecule has 10 heteroatoms. The van der Waals surface area contributed by atoms with Gasteiger partial charge in [0.15, 0.2) is 0 Å². The third kappa shape index (κ3) is 5.90. The van der Waals surface area contributed by atoms with E-state index in [0.29, 0.717) is 15.4 Å². The number of benzene rings is 2. The molecule has 0 aromatic heterocycles. The van der Waals surface area contributed by atoms with Gasteiger partial charge in [-0.25, -0.2) is 13.2 Å². The summed E-state index contributed by atoms with van der Waals surface area (Å²) >= 11 is 3.32. The minimum atomic E-state index is -4.36. The van der Waals surface area contributed by atoms with Gasteiger partial charge in [-0.3, -0.25) is 10.1 Å². The van der Waals surface area contributed by atoms with Crippen LogP contribution in [0.5, 0.6) is 0 Å². The van der Waals surface area contributed by atoms with Gasteiger partial charge in [0, 0.05) is 16.6 Å². The van der Waals surface area contributed by atoms with Crippen molar-refractivity contribution in [2.75, 3.05) is 6.54 Å². The fourth-order valence-electron chi connectivity index (χ4n) is 2.38. The minimum Gasteiger partial charge on any atom is -0.443 e. The number of non-ortho nitro benzene ring substituents is 1. The standard InChI is InChI=1S/C20H21BrN2O6S/c1-14(15-5-7-16(21)8-6-15)13-22(19(24)29-20(2,3)4)30(27,28)18-11-9-17(10-12-18)23(25)26/h5-12H,1,13H2,2-4H3. The Morgan fingerprint density at radius 2 is 1.67 bits per heavy atom. The van der Waals surface area contributed by atoms with Crippen molar-refractivity contribution in [3.05, 3.63) is 75.3 Å².